The second-order valence-electron chi connectivity index (χ2n) is 7.69. The smallest absolute Gasteiger partial charge is 0.359 e. The topological polar surface area (TPSA) is 47.4 Å². The predicted molar refractivity (Wildman–Crippen MR) is 107 cm³/mol. The SMILES string of the molecule is CCOC(=O)c1nn(CC(C)C)c2c1CN(CCCc1ccccc1)CC2. The van der Waals surface area contributed by atoms with E-state index in [0.29, 0.717) is 18.2 Å². The second-order valence-corrected chi connectivity index (χ2v) is 7.69. The fourth-order valence-corrected chi connectivity index (χ4v) is 3.75. The monoisotopic (exact) mass is 369 g/mol. The van der Waals surface area contributed by atoms with Gasteiger partial charge in [0.2, 0.25) is 0 Å². The number of nitrogens with zero attached hydrogens (tertiary/aromatic N) is 3. The standard InChI is InChI=1S/C22H31N3O2/c1-4-27-22(26)21-19-16-24(13-8-11-18-9-6-5-7-10-18)14-12-20(19)25(23-21)15-17(2)3/h5-7,9-10,17H,4,8,11-16H2,1-3H3. The average Bonchev–Trinajstić information content (AvgIpc) is 3.00. The lowest BCUT2D eigenvalue weighted by atomic mass is 10.0. The van der Waals surface area contributed by atoms with Crippen LogP contribution in [0.25, 0.3) is 0 Å². The zero-order chi connectivity index (χ0) is 19.2. The molecule has 27 heavy (non-hydrogen) atoms. The Morgan fingerprint density at radius 1 is 1.26 bits per heavy atom. The van der Waals surface area contributed by atoms with E-state index in [1.807, 2.05) is 11.6 Å². The van der Waals surface area contributed by atoms with Crippen molar-refractivity contribution >= 4 is 5.97 Å². The summed E-state index contributed by atoms with van der Waals surface area (Å²) in [6.07, 6.45) is 3.15. The highest BCUT2D eigenvalue weighted by Gasteiger charge is 2.28. The van der Waals surface area contributed by atoms with Gasteiger partial charge >= 0.3 is 5.97 Å². The summed E-state index contributed by atoms with van der Waals surface area (Å²) in [5.74, 6) is 0.204. The first-order chi connectivity index (χ1) is 13.1. The summed E-state index contributed by atoms with van der Waals surface area (Å²) in [5, 5.41) is 4.63. The predicted octanol–water partition coefficient (Wildman–Crippen LogP) is 3.71. The van der Waals surface area contributed by atoms with Gasteiger partial charge < -0.3 is 4.74 Å². The third-order valence-corrected chi connectivity index (χ3v) is 5.00. The highest BCUT2D eigenvalue weighted by atomic mass is 16.5. The first kappa shape index (κ1) is 19.6. The van der Waals surface area contributed by atoms with Crippen LogP contribution in [0.2, 0.25) is 0 Å². The fourth-order valence-electron chi connectivity index (χ4n) is 3.75. The van der Waals surface area contributed by atoms with Gasteiger partial charge in [-0.2, -0.15) is 5.10 Å². The summed E-state index contributed by atoms with van der Waals surface area (Å²) >= 11 is 0. The molecular formula is C22H31N3O2. The summed E-state index contributed by atoms with van der Waals surface area (Å²) in [6.45, 7) is 10.3. The first-order valence-electron chi connectivity index (χ1n) is 10.1. The van der Waals surface area contributed by atoms with Crippen LogP contribution in [0.4, 0.5) is 0 Å². The molecule has 0 fully saturated rings. The lowest BCUT2D eigenvalue weighted by Crippen LogP contribution is -2.33. The van der Waals surface area contributed by atoms with Gasteiger partial charge in [-0.3, -0.25) is 9.58 Å². The normalized spacial score (nSPS) is 14.4. The van der Waals surface area contributed by atoms with Crippen molar-refractivity contribution in [2.24, 2.45) is 5.92 Å². The number of hydrogen-bond donors (Lipinski definition) is 0. The van der Waals surface area contributed by atoms with Gasteiger partial charge in [0.25, 0.3) is 0 Å². The third-order valence-electron chi connectivity index (χ3n) is 5.00. The van der Waals surface area contributed by atoms with Gasteiger partial charge in [-0.05, 0) is 37.8 Å². The molecule has 0 aliphatic carbocycles. The maximum Gasteiger partial charge on any atom is 0.359 e. The minimum atomic E-state index is -0.289. The molecule has 1 aliphatic rings. The van der Waals surface area contributed by atoms with Crippen molar-refractivity contribution in [1.29, 1.82) is 0 Å². The molecule has 3 rings (SSSR count). The maximum absolute atomic E-state index is 12.4. The van der Waals surface area contributed by atoms with Gasteiger partial charge in [-0.15, -0.1) is 0 Å². The van der Waals surface area contributed by atoms with Gasteiger partial charge in [0.05, 0.1) is 6.61 Å². The summed E-state index contributed by atoms with van der Waals surface area (Å²) in [5.41, 5.74) is 4.18. The van der Waals surface area contributed by atoms with E-state index in [9.17, 15) is 4.79 Å². The molecule has 0 unspecified atom stereocenters. The summed E-state index contributed by atoms with van der Waals surface area (Å²) in [4.78, 5) is 14.8. The van der Waals surface area contributed by atoms with Crippen LogP contribution in [0.1, 0.15) is 54.5 Å². The molecule has 0 radical (unpaired) electrons. The van der Waals surface area contributed by atoms with E-state index in [-0.39, 0.29) is 5.97 Å². The van der Waals surface area contributed by atoms with Crippen molar-refractivity contribution in [2.75, 3.05) is 19.7 Å². The highest BCUT2D eigenvalue weighted by Crippen LogP contribution is 2.24. The van der Waals surface area contributed by atoms with Gasteiger partial charge in [0, 0.05) is 37.3 Å². The molecule has 0 bridgehead atoms. The zero-order valence-corrected chi connectivity index (χ0v) is 16.8. The molecule has 5 nitrogen and oxygen atoms in total. The first-order valence-corrected chi connectivity index (χ1v) is 10.1. The van der Waals surface area contributed by atoms with Gasteiger partial charge in [-0.1, -0.05) is 44.2 Å². The van der Waals surface area contributed by atoms with E-state index in [0.717, 1.165) is 51.0 Å². The van der Waals surface area contributed by atoms with E-state index >= 15 is 0 Å². The molecule has 0 N–H and O–H groups in total. The summed E-state index contributed by atoms with van der Waals surface area (Å²) in [7, 11) is 0. The molecule has 1 aliphatic heterocycles. The van der Waals surface area contributed by atoms with E-state index in [1.165, 1.54) is 11.3 Å². The number of carbonyl (C=O) groups excluding carboxylic acids is 1. The van der Waals surface area contributed by atoms with Crippen molar-refractivity contribution in [3.8, 4) is 0 Å². The van der Waals surface area contributed by atoms with E-state index in [4.69, 9.17) is 4.74 Å². The van der Waals surface area contributed by atoms with E-state index in [2.05, 4.69) is 54.2 Å². The third kappa shape index (κ3) is 4.98. The van der Waals surface area contributed by atoms with Crippen LogP contribution in [-0.2, 0) is 30.7 Å². The average molecular weight is 370 g/mol. The van der Waals surface area contributed by atoms with Crippen LogP contribution in [0, 0.1) is 5.92 Å². The zero-order valence-electron chi connectivity index (χ0n) is 16.8. The number of esters is 1. The van der Waals surface area contributed by atoms with Gasteiger partial charge in [-0.25, -0.2) is 4.79 Å². The number of hydrogen-bond acceptors (Lipinski definition) is 4. The Morgan fingerprint density at radius 2 is 2.04 bits per heavy atom. The molecule has 146 valence electrons. The largest absolute Gasteiger partial charge is 0.461 e. The lowest BCUT2D eigenvalue weighted by Gasteiger charge is -2.27. The van der Waals surface area contributed by atoms with Crippen molar-refractivity contribution < 1.29 is 9.53 Å². The quantitative estimate of drug-likeness (QED) is 0.666. The molecule has 1 aromatic heterocycles. The van der Waals surface area contributed by atoms with Crippen LogP contribution in [0.5, 0.6) is 0 Å². The Balaban J connectivity index is 1.69. The Morgan fingerprint density at radius 3 is 2.74 bits per heavy atom. The second kappa shape index (κ2) is 9.18. The molecular weight excluding hydrogens is 338 g/mol. The molecule has 0 atom stereocenters. The van der Waals surface area contributed by atoms with E-state index < -0.39 is 0 Å². The maximum atomic E-state index is 12.4. The minimum absolute atomic E-state index is 0.289. The fraction of sp³-hybridized carbons (Fsp3) is 0.545. The number of benzene rings is 1. The van der Waals surface area contributed by atoms with Crippen LogP contribution >= 0.6 is 0 Å². The number of ether oxygens (including phenoxy) is 1. The molecule has 1 aromatic carbocycles. The minimum Gasteiger partial charge on any atom is -0.461 e. The molecule has 0 spiro atoms. The lowest BCUT2D eigenvalue weighted by molar-refractivity contribution is 0.0515. The Hall–Kier alpha value is -2.14. The summed E-state index contributed by atoms with van der Waals surface area (Å²) < 4.78 is 7.29. The number of carbonyl (C=O) groups is 1. The number of rotatable bonds is 8. The Kier molecular flexibility index (Phi) is 6.67. The van der Waals surface area contributed by atoms with Crippen molar-refractivity contribution in [3.05, 3.63) is 52.8 Å². The van der Waals surface area contributed by atoms with Crippen LogP contribution in [0.15, 0.2) is 30.3 Å². The number of fused-ring (bicyclic) bond motifs is 1. The van der Waals surface area contributed by atoms with Crippen molar-refractivity contribution in [2.45, 2.75) is 53.1 Å². The molecule has 2 heterocycles. The van der Waals surface area contributed by atoms with Crippen LogP contribution in [0.3, 0.4) is 0 Å². The molecule has 5 heteroatoms. The number of aromatic nitrogens is 2. The van der Waals surface area contributed by atoms with Gasteiger partial charge in [0.15, 0.2) is 5.69 Å². The Labute approximate surface area is 162 Å². The van der Waals surface area contributed by atoms with Crippen LogP contribution < -0.4 is 0 Å². The van der Waals surface area contributed by atoms with E-state index in [1.54, 1.807) is 0 Å². The van der Waals surface area contributed by atoms with Crippen LogP contribution in [-0.4, -0.2) is 40.3 Å². The van der Waals surface area contributed by atoms with Crippen molar-refractivity contribution in [3.63, 3.8) is 0 Å². The Bertz CT molecular complexity index is 752. The number of aryl methyl sites for hydroxylation is 1. The molecule has 2 aromatic rings. The highest BCUT2D eigenvalue weighted by molar-refractivity contribution is 5.89. The van der Waals surface area contributed by atoms with Gasteiger partial charge in [0.1, 0.15) is 0 Å². The van der Waals surface area contributed by atoms with Crippen molar-refractivity contribution in [1.82, 2.24) is 14.7 Å². The molecule has 0 amide bonds. The molecule has 0 saturated carbocycles. The molecule has 0 saturated heterocycles. The summed E-state index contributed by atoms with van der Waals surface area (Å²) in [6, 6.07) is 10.6.